The number of rotatable bonds is 6. The van der Waals surface area contributed by atoms with Crippen LogP contribution in [-0.2, 0) is 6.54 Å². The first-order chi connectivity index (χ1) is 9.70. The van der Waals surface area contributed by atoms with Crippen LogP contribution in [0.1, 0.15) is 5.56 Å². The maximum atomic E-state index is 5.97. The van der Waals surface area contributed by atoms with Gasteiger partial charge in [-0.2, -0.15) is 0 Å². The zero-order valence-corrected chi connectivity index (χ0v) is 13.1. The molecule has 0 atom stereocenters. The van der Waals surface area contributed by atoms with E-state index in [9.17, 15) is 0 Å². The maximum Gasteiger partial charge on any atom is 0.123 e. The van der Waals surface area contributed by atoms with Gasteiger partial charge in [-0.3, -0.25) is 0 Å². The molecular formula is C15H15Cl2NOS. The smallest absolute Gasteiger partial charge is 0.123 e. The number of hydrogen-bond acceptors (Lipinski definition) is 3. The Morgan fingerprint density at radius 2 is 1.85 bits per heavy atom. The summed E-state index contributed by atoms with van der Waals surface area (Å²) < 4.78 is 5.74. The lowest BCUT2D eigenvalue weighted by atomic mass is 10.2. The van der Waals surface area contributed by atoms with Crippen molar-refractivity contribution < 1.29 is 4.74 Å². The molecule has 0 aliphatic heterocycles. The van der Waals surface area contributed by atoms with E-state index in [1.807, 2.05) is 36.4 Å². The van der Waals surface area contributed by atoms with Crippen LogP contribution in [0.3, 0.4) is 0 Å². The van der Waals surface area contributed by atoms with Gasteiger partial charge in [-0.15, -0.1) is 11.8 Å². The summed E-state index contributed by atoms with van der Waals surface area (Å²) in [5.41, 5.74) is 6.68. The molecule has 2 rings (SSSR count). The van der Waals surface area contributed by atoms with Crippen molar-refractivity contribution in [2.45, 2.75) is 11.4 Å². The van der Waals surface area contributed by atoms with Gasteiger partial charge in [-0.05, 0) is 24.3 Å². The van der Waals surface area contributed by atoms with E-state index in [0.717, 1.165) is 22.0 Å². The molecule has 5 heteroatoms. The molecule has 0 saturated heterocycles. The molecule has 2 nitrogen and oxygen atoms in total. The Hall–Kier alpha value is -0.870. The summed E-state index contributed by atoms with van der Waals surface area (Å²) >= 11 is 13.5. The molecule has 2 aromatic rings. The minimum Gasteiger partial charge on any atom is -0.492 e. The Morgan fingerprint density at radius 1 is 1.05 bits per heavy atom. The Bertz CT molecular complexity index is 578. The van der Waals surface area contributed by atoms with Gasteiger partial charge in [0.05, 0.1) is 16.7 Å². The molecule has 0 aliphatic carbocycles. The van der Waals surface area contributed by atoms with Gasteiger partial charge in [0.1, 0.15) is 5.75 Å². The van der Waals surface area contributed by atoms with Gasteiger partial charge in [0.25, 0.3) is 0 Å². The second-order valence-corrected chi connectivity index (χ2v) is 6.07. The van der Waals surface area contributed by atoms with Crippen LogP contribution in [0.15, 0.2) is 47.4 Å². The number of hydrogen-bond donors (Lipinski definition) is 1. The van der Waals surface area contributed by atoms with Crippen LogP contribution in [0.25, 0.3) is 0 Å². The van der Waals surface area contributed by atoms with Gasteiger partial charge < -0.3 is 10.5 Å². The minimum absolute atomic E-state index is 0.482. The molecule has 0 radical (unpaired) electrons. The SMILES string of the molecule is NCc1ccccc1OCCSc1ccc(Cl)c(Cl)c1. The van der Waals surface area contributed by atoms with E-state index in [4.69, 9.17) is 33.7 Å². The number of nitrogens with two attached hydrogens (primary N) is 1. The molecule has 20 heavy (non-hydrogen) atoms. The fourth-order valence-corrected chi connectivity index (χ4v) is 2.82. The summed E-state index contributed by atoms with van der Waals surface area (Å²) in [5, 5.41) is 1.15. The first-order valence-corrected chi connectivity index (χ1v) is 7.93. The van der Waals surface area contributed by atoms with Crippen molar-refractivity contribution >= 4 is 35.0 Å². The third-order valence-corrected chi connectivity index (χ3v) is 4.39. The van der Waals surface area contributed by atoms with Gasteiger partial charge in [0.15, 0.2) is 0 Å². The Labute approximate surface area is 133 Å². The van der Waals surface area contributed by atoms with E-state index in [1.54, 1.807) is 17.8 Å². The molecule has 0 heterocycles. The lowest BCUT2D eigenvalue weighted by Gasteiger charge is -2.10. The number of ether oxygens (including phenoxy) is 1. The Balaban J connectivity index is 1.83. The molecule has 106 valence electrons. The monoisotopic (exact) mass is 327 g/mol. The standard InChI is InChI=1S/C15H15Cl2NOS/c16-13-6-5-12(9-14(13)17)20-8-7-19-15-4-2-1-3-11(15)10-18/h1-6,9H,7-8,10,18H2. The van der Waals surface area contributed by atoms with E-state index >= 15 is 0 Å². The van der Waals surface area contributed by atoms with Crippen molar-refractivity contribution in [1.29, 1.82) is 0 Å². The van der Waals surface area contributed by atoms with E-state index in [2.05, 4.69) is 0 Å². The number of thioether (sulfide) groups is 1. The van der Waals surface area contributed by atoms with Gasteiger partial charge in [0, 0.05) is 22.8 Å². The van der Waals surface area contributed by atoms with Gasteiger partial charge in [-0.1, -0.05) is 41.4 Å². The second kappa shape index (κ2) is 7.79. The van der Waals surface area contributed by atoms with Crippen molar-refractivity contribution in [1.82, 2.24) is 0 Å². The van der Waals surface area contributed by atoms with Crippen molar-refractivity contribution in [3.8, 4) is 5.75 Å². The van der Waals surface area contributed by atoms with Gasteiger partial charge in [-0.25, -0.2) is 0 Å². The lowest BCUT2D eigenvalue weighted by Crippen LogP contribution is -2.05. The largest absolute Gasteiger partial charge is 0.492 e. The molecule has 0 fully saturated rings. The van der Waals surface area contributed by atoms with Crippen LogP contribution < -0.4 is 10.5 Å². The normalized spacial score (nSPS) is 10.6. The number of benzene rings is 2. The molecule has 0 bridgehead atoms. The summed E-state index contributed by atoms with van der Waals surface area (Å²) in [5.74, 6) is 1.68. The second-order valence-electron chi connectivity index (χ2n) is 4.08. The summed E-state index contributed by atoms with van der Waals surface area (Å²) in [6, 6.07) is 13.4. The first-order valence-electron chi connectivity index (χ1n) is 6.19. The number of halogens is 2. The van der Waals surface area contributed by atoms with Crippen LogP contribution in [-0.4, -0.2) is 12.4 Å². The van der Waals surface area contributed by atoms with Crippen molar-refractivity contribution in [3.63, 3.8) is 0 Å². The van der Waals surface area contributed by atoms with Crippen molar-refractivity contribution in [2.75, 3.05) is 12.4 Å². The highest BCUT2D eigenvalue weighted by atomic mass is 35.5. The summed E-state index contributed by atoms with van der Waals surface area (Å²) in [4.78, 5) is 1.08. The Morgan fingerprint density at radius 3 is 2.60 bits per heavy atom. The van der Waals surface area contributed by atoms with Crippen LogP contribution in [0, 0.1) is 0 Å². The molecule has 0 unspecified atom stereocenters. The van der Waals surface area contributed by atoms with Crippen molar-refractivity contribution in [2.24, 2.45) is 5.73 Å². The highest BCUT2D eigenvalue weighted by Crippen LogP contribution is 2.28. The average Bonchev–Trinajstić information content (AvgIpc) is 2.47. The fraction of sp³-hybridized carbons (Fsp3) is 0.200. The summed E-state index contributed by atoms with van der Waals surface area (Å²) in [7, 11) is 0. The molecule has 0 saturated carbocycles. The summed E-state index contributed by atoms with van der Waals surface area (Å²) in [6.07, 6.45) is 0. The van der Waals surface area contributed by atoms with E-state index in [0.29, 0.717) is 23.2 Å². The predicted molar refractivity (Wildman–Crippen MR) is 87.0 cm³/mol. The van der Waals surface area contributed by atoms with Gasteiger partial charge in [0.2, 0.25) is 0 Å². The van der Waals surface area contributed by atoms with Crippen molar-refractivity contribution in [3.05, 3.63) is 58.1 Å². The molecule has 2 aromatic carbocycles. The molecular weight excluding hydrogens is 313 g/mol. The molecule has 0 aromatic heterocycles. The van der Waals surface area contributed by atoms with Crippen LogP contribution in [0.2, 0.25) is 10.0 Å². The lowest BCUT2D eigenvalue weighted by molar-refractivity contribution is 0.340. The summed E-state index contributed by atoms with van der Waals surface area (Å²) in [6.45, 7) is 1.10. The highest BCUT2D eigenvalue weighted by molar-refractivity contribution is 7.99. The third-order valence-electron chi connectivity index (χ3n) is 2.69. The average molecular weight is 328 g/mol. The minimum atomic E-state index is 0.482. The molecule has 0 aliphatic rings. The molecule has 2 N–H and O–H groups in total. The zero-order chi connectivity index (χ0) is 14.4. The first kappa shape index (κ1) is 15.5. The predicted octanol–water partition coefficient (Wildman–Crippen LogP) is 4.62. The fourth-order valence-electron chi connectivity index (χ4n) is 1.69. The van der Waals surface area contributed by atoms with Crippen LogP contribution in [0.5, 0.6) is 5.75 Å². The van der Waals surface area contributed by atoms with Crippen LogP contribution in [0.4, 0.5) is 0 Å². The molecule has 0 amide bonds. The Kier molecular flexibility index (Phi) is 6.05. The molecule has 0 spiro atoms. The zero-order valence-electron chi connectivity index (χ0n) is 10.8. The van der Waals surface area contributed by atoms with E-state index in [1.165, 1.54) is 0 Å². The van der Waals surface area contributed by atoms with Crippen LogP contribution >= 0.6 is 35.0 Å². The number of para-hydroxylation sites is 1. The van der Waals surface area contributed by atoms with E-state index < -0.39 is 0 Å². The topological polar surface area (TPSA) is 35.2 Å². The van der Waals surface area contributed by atoms with Gasteiger partial charge >= 0.3 is 0 Å². The quantitative estimate of drug-likeness (QED) is 0.620. The third kappa shape index (κ3) is 4.32. The van der Waals surface area contributed by atoms with E-state index in [-0.39, 0.29) is 0 Å². The highest BCUT2D eigenvalue weighted by Gasteiger charge is 2.02. The maximum absolute atomic E-state index is 5.97.